The number of hydrogen-bond acceptors (Lipinski definition) is 3. The summed E-state index contributed by atoms with van der Waals surface area (Å²) in [6.45, 7) is 0. The molecule has 44 heavy (non-hydrogen) atoms. The van der Waals surface area contributed by atoms with Gasteiger partial charge in [-0.05, 0) is 42.5 Å². The van der Waals surface area contributed by atoms with Gasteiger partial charge in [-0.3, -0.25) is 0 Å². The van der Waals surface area contributed by atoms with Crippen molar-refractivity contribution in [2.24, 2.45) is 0 Å². The van der Waals surface area contributed by atoms with Crippen LogP contribution in [-0.4, -0.2) is 14.5 Å². The van der Waals surface area contributed by atoms with E-state index in [4.69, 9.17) is 14.4 Å². The predicted octanol–water partition coefficient (Wildman–Crippen LogP) is 10.5. The molecule has 0 unspecified atom stereocenters. The van der Waals surface area contributed by atoms with Gasteiger partial charge in [0.2, 0.25) is 0 Å². The monoisotopic (exact) mass is 563 g/mol. The molecule has 3 aromatic heterocycles. The first-order chi connectivity index (χ1) is 21.8. The third-order valence-corrected chi connectivity index (χ3v) is 8.42. The molecular weight excluding hydrogens is 538 g/mol. The van der Waals surface area contributed by atoms with Crippen molar-refractivity contribution in [2.75, 3.05) is 0 Å². The Bertz CT molecular complexity index is 2450. The Hall–Kier alpha value is -6.00. The number of nitrogens with zero attached hydrogens (tertiary/aromatic N) is 3. The largest absolute Gasteiger partial charge is 0.455 e. The maximum atomic E-state index is 6.42. The van der Waals surface area contributed by atoms with Crippen LogP contribution in [0.3, 0.4) is 0 Å². The molecule has 4 nitrogen and oxygen atoms in total. The minimum absolute atomic E-state index is 0.675. The standard InChI is InChI=1S/C40H25N3O/c1-2-12-26(13-3-1)40-41-34(25-35(42-40)33-20-11-19-32-31-18-6-9-23-38(31)44-39(32)33)27-14-10-15-28(24-27)43-36-21-7-4-16-29(36)30-17-5-8-22-37(30)43/h1-25H. The molecule has 9 rings (SSSR count). The fourth-order valence-corrected chi connectivity index (χ4v) is 6.40. The van der Waals surface area contributed by atoms with Crippen molar-refractivity contribution in [3.05, 3.63) is 152 Å². The number of para-hydroxylation sites is 4. The van der Waals surface area contributed by atoms with Gasteiger partial charge in [0.25, 0.3) is 0 Å². The average molecular weight is 564 g/mol. The molecule has 0 radical (unpaired) electrons. The van der Waals surface area contributed by atoms with Gasteiger partial charge in [-0.25, -0.2) is 9.97 Å². The molecule has 0 atom stereocenters. The van der Waals surface area contributed by atoms with Gasteiger partial charge in [0.15, 0.2) is 5.82 Å². The second-order valence-electron chi connectivity index (χ2n) is 11.0. The molecule has 0 aliphatic rings. The predicted molar refractivity (Wildman–Crippen MR) is 180 cm³/mol. The molecule has 4 heteroatoms. The highest BCUT2D eigenvalue weighted by Crippen LogP contribution is 2.38. The van der Waals surface area contributed by atoms with E-state index in [-0.39, 0.29) is 0 Å². The summed E-state index contributed by atoms with van der Waals surface area (Å²) >= 11 is 0. The highest BCUT2D eigenvalue weighted by atomic mass is 16.3. The Morgan fingerprint density at radius 2 is 1.07 bits per heavy atom. The van der Waals surface area contributed by atoms with E-state index in [1.807, 2.05) is 36.4 Å². The lowest BCUT2D eigenvalue weighted by Gasteiger charge is -2.12. The molecule has 0 fully saturated rings. The van der Waals surface area contributed by atoms with E-state index >= 15 is 0 Å². The summed E-state index contributed by atoms with van der Waals surface area (Å²) in [5, 5.41) is 4.65. The molecule has 0 aliphatic carbocycles. The van der Waals surface area contributed by atoms with Crippen LogP contribution < -0.4 is 0 Å². The number of aromatic nitrogens is 3. The third kappa shape index (κ3) is 3.85. The summed E-state index contributed by atoms with van der Waals surface area (Å²) in [5.74, 6) is 0.675. The van der Waals surface area contributed by atoms with Gasteiger partial charge in [-0.15, -0.1) is 0 Å². The lowest BCUT2D eigenvalue weighted by molar-refractivity contribution is 0.670. The number of benzene rings is 6. The zero-order valence-electron chi connectivity index (χ0n) is 23.7. The van der Waals surface area contributed by atoms with Crippen molar-refractivity contribution in [1.82, 2.24) is 14.5 Å². The Labute approximate surface area is 253 Å². The number of rotatable bonds is 4. The molecule has 6 aromatic carbocycles. The zero-order valence-corrected chi connectivity index (χ0v) is 23.7. The summed E-state index contributed by atoms with van der Waals surface area (Å²) in [6, 6.07) is 52.5. The lowest BCUT2D eigenvalue weighted by Crippen LogP contribution is -1.98. The molecule has 0 N–H and O–H groups in total. The molecule has 0 saturated carbocycles. The SMILES string of the molecule is c1ccc(-c2nc(-c3cccc(-n4c5ccccc5c5ccccc54)c3)cc(-c3cccc4c3oc3ccccc34)n2)cc1. The summed E-state index contributed by atoms with van der Waals surface area (Å²) in [7, 11) is 0. The summed E-state index contributed by atoms with van der Waals surface area (Å²) in [5.41, 5.74) is 9.73. The Kier molecular flexibility index (Phi) is 5.47. The maximum Gasteiger partial charge on any atom is 0.160 e. The number of furan rings is 1. The average Bonchev–Trinajstić information content (AvgIpc) is 3.65. The fraction of sp³-hybridized carbons (Fsp3) is 0. The van der Waals surface area contributed by atoms with Crippen molar-refractivity contribution < 1.29 is 4.42 Å². The van der Waals surface area contributed by atoms with E-state index in [1.165, 1.54) is 21.8 Å². The molecule has 0 saturated heterocycles. The first-order valence-electron chi connectivity index (χ1n) is 14.8. The smallest absolute Gasteiger partial charge is 0.160 e. The Morgan fingerprint density at radius 3 is 1.86 bits per heavy atom. The van der Waals surface area contributed by atoms with Gasteiger partial charge < -0.3 is 8.98 Å². The highest BCUT2D eigenvalue weighted by Gasteiger charge is 2.17. The van der Waals surface area contributed by atoms with E-state index in [0.29, 0.717) is 5.82 Å². The van der Waals surface area contributed by atoms with Gasteiger partial charge in [0.05, 0.1) is 22.4 Å². The molecule has 0 aliphatic heterocycles. The summed E-state index contributed by atoms with van der Waals surface area (Å²) < 4.78 is 8.75. The van der Waals surface area contributed by atoms with Crippen LogP contribution in [0.25, 0.3) is 83.3 Å². The van der Waals surface area contributed by atoms with Gasteiger partial charge >= 0.3 is 0 Å². The Balaban J connectivity index is 1.27. The van der Waals surface area contributed by atoms with Crippen LogP contribution in [0, 0.1) is 0 Å². The first kappa shape index (κ1) is 24.6. The lowest BCUT2D eigenvalue weighted by atomic mass is 10.0. The summed E-state index contributed by atoms with van der Waals surface area (Å²) in [4.78, 5) is 10.2. The minimum atomic E-state index is 0.675. The molecule has 0 bridgehead atoms. The summed E-state index contributed by atoms with van der Waals surface area (Å²) in [6.07, 6.45) is 0. The van der Waals surface area contributed by atoms with Crippen LogP contribution in [-0.2, 0) is 0 Å². The topological polar surface area (TPSA) is 43.9 Å². The van der Waals surface area contributed by atoms with Gasteiger partial charge in [0, 0.05) is 43.9 Å². The maximum absolute atomic E-state index is 6.42. The number of hydrogen-bond donors (Lipinski definition) is 0. The van der Waals surface area contributed by atoms with Crippen LogP contribution in [0.15, 0.2) is 156 Å². The molecule has 0 spiro atoms. The van der Waals surface area contributed by atoms with Crippen molar-refractivity contribution in [1.29, 1.82) is 0 Å². The molecule has 9 aromatic rings. The number of fused-ring (bicyclic) bond motifs is 6. The van der Waals surface area contributed by atoms with Crippen LogP contribution in [0.4, 0.5) is 0 Å². The van der Waals surface area contributed by atoms with Gasteiger partial charge in [0.1, 0.15) is 11.2 Å². The van der Waals surface area contributed by atoms with Gasteiger partial charge in [-0.1, -0.05) is 109 Å². The second kappa shape index (κ2) is 9.79. The van der Waals surface area contributed by atoms with E-state index in [1.54, 1.807) is 0 Å². The van der Waals surface area contributed by atoms with E-state index in [2.05, 4.69) is 120 Å². The van der Waals surface area contributed by atoms with Crippen molar-refractivity contribution in [2.45, 2.75) is 0 Å². The molecule has 206 valence electrons. The van der Waals surface area contributed by atoms with Crippen molar-refractivity contribution >= 4 is 43.7 Å². The molecule has 0 amide bonds. The Morgan fingerprint density at radius 1 is 0.455 bits per heavy atom. The minimum Gasteiger partial charge on any atom is -0.455 e. The molecule has 3 heterocycles. The molecular formula is C40H25N3O. The fourth-order valence-electron chi connectivity index (χ4n) is 6.40. The van der Waals surface area contributed by atoms with Crippen LogP contribution in [0.1, 0.15) is 0 Å². The van der Waals surface area contributed by atoms with Crippen LogP contribution in [0.5, 0.6) is 0 Å². The van der Waals surface area contributed by atoms with Crippen LogP contribution >= 0.6 is 0 Å². The highest BCUT2D eigenvalue weighted by molar-refractivity contribution is 6.10. The normalized spacial score (nSPS) is 11.6. The van der Waals surface area contributed by atoms with Crippen molar-refractivity contribution in [3.63, 3.8) is 0 Å². The van der Waals surface area contributed by atoms with Crippen LogP contribution in [0.2, 0.25) is 0 Å². The van der Waals surface area contributed by atoms with Crippen molar-refractivity contribution in [3.8, 4) is 39.6 Å². The van der Waals surface area contributed by atoms with E-state index < -0.39 is 0 Å². The van der Waals surface area contributed by atoms with Gasteiger partial charge in [-0.2, -0.15) is 0 Å². The third-order valence-electron chi connectivity index (χ3n) is 8.42. The quantitative estimate of drug-likeness (QED) is 0.214. The van der Waals surface area contributed by atoms with E-state index in [0.717, 1.165) is 55.7 Å². The van der Waals surface area contributed by atoms with E-state index in [9.17, 15) is 0 Å². The zero-order chi connectivity index (χ0) is 29.0. The second-order valence-corrected chi connectivity index (χ2v) is 11.0. The first-order valence-corrected chi connectivity index (χ1v) is 14.8.